The fraction of sp³-hybridized carbons (Fsp3) is 0.471. The number of carbonyl (C=O) groups excluding carboxylic acids is 1. The molecule has 3 N–H and O–H groups in total. The van der Waals surface area contributed by atoms with Gasteiger partial charge in [-0.2, -0.15) is 4.98 Å². The Morgan fingerprint density at radius 3 is 2.48 bits per heavy atom. The van der Waals surface area contributed by atoms with Gasteiger partial charge in [0.05, 0.1) is 9.82 Å². The van der Waals surface area contributed by atoms with E-state index in [1.807, 2.05) is 0 Å². The summed E-state index contributed by atoms with van der Waals surface area (Å²) in [6.07, 6.45) is -0.675. The molecular formula is C17H23N5O8S. The third-order valence-electron chi connectivity index (χ3n) is 3.65. The second kappa shape index (κ2) is 8.47. The van der Waals surface area contributed by atoms with Gasteiger partial charge in [-0.25, -0.2) is 18.4 Å². The minimum atomic E-state index is -4.12. The Kier molecular flexibility index (Phi) is 6.56. The molecule has 0 aliphatic rings. The molecule has 0 aliphatic carbocycles. The van der Waals surface area contributed by atoms with Crippen LogP contribution in [0.5, 0.6) is 5.75 Å². The van der Waals surface area contributed by atoms with Gasteiger partial charge >= 0.3 is 11.8 Å². The lowest BCUT2D eigenvalue weighted by Crippen LogP contribution is -2.44. The Bertz CT molecular complexity index is 1090. The molecule has 13 nitrogen and oxygen atoms in total. The number of rotatable bonds is 7. The van der Waals surface area contributed by atoms with Gasteiger partial charge < -0.3 is 19.3 Å². The Labute approximate surface area is 178 Å². The lowest BCUT2D eigenvalue weighted by molar-refractivity contribution is -0.386. The molecule has 0 radical (unpaired) electrons. The molecule has 0 atom stereocenters. The number of alkyl carbamates (subject to hydrolysis) is 1. The van der Waals surface area contributed by atoms with Crippen molar-refractivity contribution >= 4 is 21.8 Å². The first-order valence-corrected chi connectivity index (χ1v) is 10.4. The number of carbonyl (C=O) groups is 1. The van der Waals surface area contributed by atoms with Gasteiger partial charge in [-0.3, -0.25) is 10.1 Å². The first-order valence-electron chi connectivity index (χ1n) is 8.87. The first-order chi connectivity index (χ1) is 14.1. The van der Waals surface area contributed by atoms with Crippen LogP contribution in [0.3, 0.4) is 0 Å². The maximum absolute atomic E-state index is 12.0. The molecule has 0 unspecified atom stereocenters. The van der Waals surface area contributed by atoms with Crippen LogP contribution in [0.4, 0.5) is 10.5 Å². The molecule has 1 heterocycles. The Morgan fingerprint density at radius 2 is 1.94 bits per heavy atom. The molecular weight excluding hydrogens is 434 g/mol. The summed E-state index contributed by atoms with van der Waals surface area (Å²) >= 11 is 0. The third kappa shape index (κ3) is 6.62. The van der Waals surface area contributed by atoms with Gasteiger partial charge in [0.2, 0.25) is 10.0 Å². The number of hydrogen-bond acceptors (Lipinski definition) is 10. The molecule has 2 aromatic rings. The summed E-state index contributed by atoms with van der Waals surface area (Å²) in [5.41, 5.74) is -2.34. The molecule has 1 aromatic heterocycles. The zero-order valence-corrected chi connectivity index (χ0v) is 18.3. The van der Waals surface area contributed by atoms with Gasteiger partial charge in [-0.05, 0) is 46.8 Å². The highest BCUT2D eigenvalue weighted by Gasteiger charge is 2.31. The second-order valence-corrected chi connectivity index (χ2v) is 9.55. The number of nitrogens with zero attached hydrogens (tertiary/aromatic N) is 3. The molecule has 0 spiro atoms. The van der Waals surface area contributed by atoms with Crippen LogP contribution in [-0.2, 0) is 26.9 Å². The van der Waals surface area contributed by atoms with Crippen LogP contribution in [0, 0.1) is 10.1 Å². The molecule has 31 heavy (non-hydrogen) atoms. The van der Waals surface area contributed by atoms with Crippen molar-refractivity contribution in [1.29, 1.82) is 0 Å². The summed E-state index contributed by atoms with van der Waals surface area (Å²) < 4.78 is 38.4. The number of sulfonamides is 1. The summed E-state index contributed by atoms with van der Waals surface area (Å²) in [7, 11) is -4.12. The lowest BCUT2D eigenvalue weighted by Gasteiger charge is -2.26. The minimum Gasteiger partial charge on any atom is -0.477 e. The van der Waals surface area contributed by atoms with Crippen molar-refractivity contribution in [3.63, 3.8) is 0 Å². The predicted molar refractivity (Wildman–Crippen MR) is 105 cm³/mol. The second-order valence-electron chi connectivity index (χ2n) is 7.98. The Hall–Kier alpha value is -3.26. The first kappa shape index (κ1) is 24.0. The van der Waals surface area contributed by atoms with Gasteiger partial charge in [0.25, 0.3) is 5.89 Å². The normalized spacial score (nSPS) is 12.3. The van der Waals surface area contributed by atoms with Crippen molar-refractivity contribution in [2.45, 2.75) is 57.3 Å². The molecule has 170 valence electrons. The number of primary sulfonamides is 1. The number of benzene rings is 1. The Morgan fingerprint density at radius 1 is 1.29 bits per heavy atom. The summed E-state index contributed by atoms with van der Waals surface area (Å²) in [4.78, 5) is 26.1. The predicted octanol–water partition coefficient (Wildman–Crippen LogP) is 1.96. The van der Waals surface area contributed by atoms with Crippen LogP contribution in [0.2, 0.25) is 0 Å². The number of nitrogens with two attached hydrogens (primary N) is 1. The van der Waals surface area contributed by atoms with E-state index in [-0.39, 0.29) is 24.1 Å². The van der Waals surface area contributed by atoms with E-state index >= 15 is 0 Å². The van der Waals surface area contributed by atoms with Gasteiger partial charge in [0.1, 0.15) is 11.1 Å². The molecule has 1 aromatic carbocycles. The number of nitrogens with one attached hydrogen (secondary N) is 1. The van der Waals surface area contributed by atoms with Crippen LogP contribution in [0.15, 0.2) is 27.6 Å². The number of ether oxygens (including phenoxy) is 2. The maximum Gasteiger partial charge on any atom is 0.408 e. The van der Waals surface area contributed by atoms with Crippen molar-refractivity contribution in [3.8, 4) is 5.75 Å². The highest BCUT2D eigenvalue weighted by Crippen LogP contribution is 2.30. The van der Waals surface area contributed by atoms with E-state index in [9.17, 15) is 23.3 Å². The molecule has 14 heteroatoms. The number of amides is 1. The summed E-state index contributed by atoms with van der Waals surface area (Å²) in [6, 6.07) is 2.96. The fourth-order valence-electron chi connectivity index (χ4n) is 2.26. The van der Waals surface area contributed by atoms with Crippen molar-refractivity contribution < 1.29 is 32.1 Å². The van der Waals surface area contributed by atoms with Crippen molar-refractivity contribution in [2.24, 2.45) is 5.14 Å². The summed E-state index contributed by atoms with van der Waals surface area (Å²) in [6.45, 7) is 8.08. The van der Waals surface area contributed by atoms with Gasteiger partial charge in [0, 0.05) is 6.07 Å². The highest BCUT2D eigenvalue weighted by molar-refractivity contribution is 7.89. The number of hydrogen-bond donors (Lipinski definition) is 2. The molecule has 0 bridgehead atoms. The van der Waals surface area contributed by atoms with E-state index < -0.39 is 42.8 Å². The van der Waals surface area contributed by atoms with Crippen molar-refractivity contribution in [2.75, 3.05) is 0 Å². The molecule has 1 amide bonds. The van der Waals surface area contributed by atoms with Crippen molar-refractivity contribution in [3.05, 3.63) is 40.0 Å². The highest BCUT2D eigenvalue weighted by atomic mass is 32.2. The zero-order chi connectivity index (χ0) is 23.6. The number of aromatic nitrogens is 2. The molecule has 0 fully saturated rings. The van der Waals surface area contributed by atoms with E-state index in [0.29, 0.717) is 0 Å². The van der Waals surface area contributed by atoms with Crippen LogP contribution in [0.25, 0.3) is 0 Å². The average Bonchev–Trinajstić information content (AvgIpc) is 3.06. The largest absolute Gasteiger partial charge is 0.477 e. The molecule has 2 rings (SSSR count). The van der Waals surface area contributed by atoms with E-state index in [4.69, 9.17) is 19.1 Å². The van der Waals surface area contributed by atoms with Crippen molar-refractivity contribution in [1.82, 2.24) is 15.5 Å². The monoisotopic (exact) mass is 457 g/mol. The third-order valence-corrected chi connectivity index (χ3v) is 4.56. The van der Waals surface area contributed by atoms with Crippen LogP contribution >= 0.6 is 0 Å². The van der Waals surface area contributed by atoms with E-state index in [1.54, 1.807) is 34.6 Å². The van der Waals surface area contributed by atoms with Gasteiger partial charge in [-0.1, -0.05) is 5.16 Å². The number of nitro groups is 1. The molecule has 0 saturated carbocycles. The average molecular weight is 457 g/mol. The lowest BCUT2D eigenvalue weighted by atomic mass is 10.1. The fourth-order valence-corrected chi connectivity index (χ4v) is 2.79. The molecule has 0 saturated heterocycles. The van der Waals surface area contributed by atoms with Crippen LogP contribution in [0.1, 0.15) is 46.3 Å². The van der Waals surface area contributed by atoms with E-state index in [1.165, 1.54) is 0 Å². The van der Waals surface area contributed by atoms with E-state index in [0.717, 1.165) is 18.2 Å². The van der Waals surface area contributed by atoms with Gasteiger partial charge in [-0.15, -0.1) is 0 Å². The zero-order valence-electron chi connectivity index (χ0n) is 17.5. The molecule has 0 aliphatic heterocycles. The smallest absolute Gasteiger partial charge is 0.408 e. The number of nitro benzene ring substituents is 1. The summed E-state index contributed by atoms with van der Waals surface area (Å²) in [5, 5.41) is 22.6. The van der Waals surface area contributed by atoms with Gasteiger partial charge in [0.15, 0.2) is 18.2 Å². The topological polar surface area (TPSA) is 190 Å². The van der Waals surface area contributed by atoms with E-state index in [2.05, 4.69) is 15.5 Å². The Balaban J connectivity index is 2.13. The minimum absolute atomic E-state index is 0.0288. The quantitative estimate of drug-likeness (QED) is 0.459. The summed E-state index contributed by atoms with van der Waals surface area (Å²) in [5.74, 6) is -0.127. The van der Waals surface area contributed by atoms with Crippen LogP contribution < -0.4 is 15.2 Å². The van der Waals surface area contributed by atoms with Crippen LogP contribution in [-0.4, -0.2) is 35.2 Å². The standard InChI is InChI=1S/C17H23N5O8S/c1-16(2,3)29-15(23)20-17(4,5)14-19-13(30-21-14)9-28-12-7-6-10(31(18,26)27)8-11(12)22(24)25/h6-8H,9H2,1-5H3,(H,20,23)(H2,18,26,27). The SMILES string of the molecule is CC(C)(C)OC(=O)NC(C)(C)c1noc(COc2ccc(S(N)(=O)=O)cc2[N+](=O)[O-])n1. The maximum atomic E-state index is 12.0.